The van der Waals surface area contributed by atoms with Gasteiger partial charge in [0.2, 0.25) is 0 Å². The Morgan fingerprint density at radius 2 is 1.84 bits per heavy atom. The summed E-state index contributed by atoms with van der Waals surface area (Å²) >= 11 is 0. The van der Waals surface area contributed by atoms with Gasteiger partial charge in [-0.15, -0.1) is 0 Å². The summed E-state index contributed by atoms with van der Waals surface area (Å²) in [5.41, 5.74) is 3.75. The lowest BCUT2D eigenvalue weighted by Gasteiger charge is -2.31. The zero-order valence-corrected chi connectivity index (χ0v) is 15.6. The minimum absolute atomic E-state index is 0. The van der Waals surface area contributed by atoms with Crippen LogP contribution < -0.4 is 17.7 Å². The molecule has 2 N–H and O–H groups in total. The van der Waals surface area contributed by atoms with E-state index in [0.717, 1.165) is 38.0 Å². The van der Waals surface area contributed by atoms with E-state index < -0.39 is 0 Å². The lowest BCUT2D eigenvalue weighted by molar-refractivity contribution is -0.641. The average Bonchev–Trinajstić information content (AvgIpc) is 3.08. The minimum atomic E-state index is 0. The zero-order chi connectivity index (χ0) is 16.7. The molecule has 2 aromatic carbocycles. The molecule has 1 fully saturated rings. The van der Waals surface area contributed by atoms with Gasteiger partial charge in [-0.3, -0.25) is 4.79 Å². The summed E-state index contributed by atoms with van der Waals surface area (Å²) in [5, 5.41) is 4.87. The molecule has 0 aromatic heterocycles. The maximum Gasteiger partial charge on any atom is 0.252 e. The van der Waals surface area contributed by atoms with E-state index in [1.807, 2.05) is 11.0 Å². The van der Waals surface area contributed by atoms with Crippen LogP contribution in [0.1, 0.15) is 37.8 Å². The number of quaternary nitrogens is 1. The molecule has 3 nitrogen and oxygen atoms in total. The molecule has 2 aliphatic heterocycles. The van der Waals surface area contributed by atoms with Crippen LogP contribution in [0.4, 0.5) is 0 Å². The van der Waals surface area contributed by atoms with Crippen molar-refractivity contribution in [3.8, 4) is 0 Å². The van der Waals surface area contributed by atoms with Gasteiger partial charge in [-0.2, -0.15) is 0 Å². The standard InChI is InChI=1S/C21H24N2O.ClH/c1-21(2)14-18-16-8-4-3-7-15(16)9-10-17(18)19(22-21)13-20(24)23-11-5-6-12-23;/h3-4,7-10,13,22H,5-6,11-12,14H2,1-2H3;1H/b19-13-;. The molecule has 1 saturated heterocycles. The molecular weight excluding hydrogens is 332 g/mol. The topological polar surface area (TPSA) is 36.9 Å². The first-order chi connectivity index (χ1) is 11.5. The Morgan fingerprint density at radius 1 is 1.12 bits per heavy atom. The normalized spacial score (nSPS) is 20.4. The van der Waals surface area contributed by atoms with Crippen LogP contribution >= 0.6 is 0 Å². The van der Waals surface area contributed by atoms with Gasteiger partial charge in [0.15, 0.2) is 0 Å². The highest BCUT2D eigenvalue weighted by Gasteiger charge is 2.34. The molecule has 0 aliphatic carbocycles. The van der Waals surface area contributed by atoms with Crippen molar-refractivity contribution in [2.24, 2.45) is 0 Å². The highest BCUT2D eigenvalue weighted by molar-refractivity contribution is 5.96. The van der Waals surface area contributed by atoms with Gasteiger partial charge in [-0.05, 0) is 49.1 Å². The number of carbonyl (C=O) groups excluding carboxylic acids is 1. The fourth-order valence-corrected chi connectivity index (χ4v) is 4.08. The van der Waals surface area contributed by atoms with E-state index >= 15 is 0 Å². The zero-order valence-electron chi connectivity index (χ0n) is 14.9. The second-order valence-electron chi connectivity index (χ2n) is 7.75. The number of benzene rings is 2. The summed E-state index contributed by atoms with van der Waals surface area (Å²) in [6.07, 6.45) is 5.13. The van der Waals surface area contributed by atoms with Gasteiger partial charge >= 0.3 is 0 Å². The number of nitrogens with two attached hydrogens (primary N) is 1. The smallest absolute Gasteiger partial charge is 0.252 e. The van der Waals surface area contributed by atoms with Crippen molar-refractivity contribution in [3.63, 3.8) is 0 Å². The molecule has 2 aliphatic rings. The molecule has 132 valence electrons. The first-order valence-electron chi connectivity index (χ1n) is 8.91. The average molecular weight is 357 g/mol. The Labute approximate surface area is 155 Å². The Hall–Kier alpha value is -1.84. The van der Waals surface area contributed by atoms with E-state index in [1.54, 1.807) is 0 Å². The van der Waals surface area contributed by atoms with Gasteiger partial charge in [-0.25, -0.2) is 0 Å². The third kappa shape index (κ3) is 3.44. The largest absolute Gasteiger partial charge is 1.00 e. The molecule has 4 heteroatoms. The molecule has 0 radical (unpaired) electrons. The SMILES string of the molecule is CC1(C)Cc2c(ccc3ccccc23)/C(=C/C(=O)N2CCCC2)[NH2+]1.[Cl-]. The summed E-state index contributed by atoms with van der Waals surface area (Å²) < 4.78 is 0. The molecule has 1 amide bonds. The Kier molecular flexibility index (Phi) is 4.90. The predicted octanol–water partition coefficient (Wildman–Crippen LogP) is -0.295. The monoisotopic (exact) mass is 356 g/mol. The summed E-state index contributed by atoms with van der Waals surface area (Å²) in [5.74, 6) is 0.163. The molecule has 0 bridgehead atoms. The van der Waals surface area contributed by atoms with Gasteiger partial charge in [0, 0.05) is 25.1 Å². The van der Waals surface area contributed by atoms with Crippen molar-refractivity contribution in [1.82, 2.24) is 4.90 Å². The highest BCUT2D eigenvalue weighted by atomic mass is 35.5. The minimum Gasteiger partial charge on any atom is -1.00 e. The van der Waals surface area contributed by atoms with E-state index in [9.17, 15) is 4.79 Å². The second-order valence-corrected chi connectivity index (χ2v) is 7.75. The predicted molar refractivity (Wildman–Crippen MR) is 97.4 cm³/mol. The van der Waals surface area contributed by atoms with Crippen molar-refractivity contribution in [2.75, 3.05) is 13.1 Å². The maximum atomic E-state index is 12.6. The third-order valence-electron chi connectivity index (χ3n) is 5.23. The molecule has 0 spiro atoms. The lowest BCUT2D eigenvalue weighted by Crippen LogP contribution is -3.00. The number of hydrogen-bond donors (Lipinski definition) is 1. The van der Waals surface area contributed by atoms with Gasteiger partial charge in [0.1, 0.15) is 5.70 Å². The van der Waals surface area contributed by atoms with E-state index in [1.165, 1.54) is 21.9 Å². The lowest BCUT2D eigenvalue weighted by atomic mass is 9.83. The number of hydrogen-bond acceptors (Lipinski definition) is 1. The molecule has 2 heterocycles. The molecule has 0 unspecified atom stereocenters. The molecule has 2 aromatic rings. The van der Waals surface area contributed by atoms with Crippen molar-refractivity contribution >= 4 is 22.4 Å². The summed E-state index contributed by atoms with van der Waals surface area (Å²) in [4.78, 5) is 14.6. The second kappa shape index (κ2) is 6.81. The van der Waals surface area contributed by atoms with Crippen LogP contribution in [0.15, 0.2) is 42.5 Å². The quantitative estimate of drug-likeness (QED) is 0.700. The van der Waals surface area contributed by atoms with E-state index in [4.69, 9.17) is 0 Å². The van der Waals surface area contributed by atoms with Gasteiger partial charge in [0.25, 0.3) is 5.91 Å². The number of carbonyl (C=O) groups is 1. The van der Waals surface area contributed by atoms with Crippen molar-refractivity contribution in [1.29, 1.82) is 0 Å². The fraction of sp³-hybridized carbons (Fsp3) is 0.381. The van der Waals surface area contributed by atoms with Gasteiger partial charge in [0.05, 0.1) is 11.6 Å². The molecule has 0 atom stereocenters. The first kappa shape index (κ1) is 18.0. The number of halogens is 1. The number of amides is 1. The van der Waals surface area contributed by atoms with Crippen molar-refractivity contribution in [2.45, 2.75) is 38.6 Å². The molecule has 25 heavy (non-hydrogen) atoms. The summed E-state index contributed by atoms with van der Waals surface area (Å²) in [7, 11) is 0. The number of nitrogens with zero attached hydrogens (tertiary/aromatic N) is 1. The van der Waals surface area contributed by atoms with Crippen LogP contribution in [0, 0.1) is 0 Å². The number of fused-ring (bicyclic) bond motifs is 3. The molecular formula is C21H25ClN2O. The van der Waals surface area contributed by atoms with Crippen molar-refractivity contribution in [3.05, 3.63) is 53.6 Å². The Morgan fingerprint density at radius 3 is 2.60 bits per heavy atom. The Balaban J connectivity index is 0.00000182. The van der Waals surface area contributed by atoms with E-state index in [0.29, 0.717) is 0 Å². The van der Waals surface area contributed by atoms with Crippen LogP contribution in [0.2, 0.25) is 0 Å². The van der Waals surface area contributed by atoms with E-state index in [2.05, 4.69) is 55.6 Å². The van der Waals surface area contributed by atoms with Gasteiger partial charge < -0.3 is 22.6 Å². The summed E-state index contributed by atoms with van der Waals surface area (Å²) in [6.45, 7) is 6.31. The van der Waals surface area contributed by atoms with Crippen LogP contribution in [-0.2, 0) is 11.2 Å². The van der Waals surface area contributed by atoms with Crippen LogP contribution in [0.5, 0.6) is 0 Å². The van der Waals surface area contributed by atoms with Crippen LogP contribution in [0.3, 0.4) is 0 Å². The number of rotatable bonds is 1. The third-order valence-corrected chi connectivity index (χ3v) is 5.23. The number of likely N-dealkylation sites (tertiary alicyclic amines) is 1. The van der Waals surface area contributed by atoms with Crippen molar-refractivity contribution < 1.29 is 22.5 Å². The molecule has 4 rings (SSSR count). The maximum absolute atomic E-state index is 12.6. The van der Waals surface area contributed by atoms with E-state index in [-0.39, 0.29) is 23.9 Å². The summed E-state index contributed by atoms with van der Waals surface area (Å²) in [6, 6.07) is 12.9. The molecule has 0 saturated carbocycles. The van der Waals surface area contributed by atoms with Crippen LogP contribution in [0.25, 0.3) is 16.5 Å². The first-order valence-corrected chi connectivity index (χ1v) is 8.91. The highest BCUT2D eigenvalue weighted by Crippen LogP contribution is 2.31. The fourth-order valence-electron chi connectivity index (χ4n) is 4.08. The van der Waals surface area contributed by atoms with Crippen LogP contribution in [-0.4, -0.2) is 29.4 Å². The van der Waals surface area contributed by atoms with Gasteiger partial charge in [-0.1, -0.05) is 30.3 Å². The Bertz CT molecular complexity index is 835.